The fourth-order valence-corrected chi connectivity index (χ4v) is 1.51. The van der Waals surface area contributed by atoms with Gasteiger partial charge in [-0.05, 0) is 12.3 Å². The van der Waals surface area contributed by atoms with E-state index in [0.29, 0.717) is 0 Å². The number of amides is 3. The number of hydrogen-bond acceptors (Lipinski definition) is 6. The van der Waals surface area contributed by atoms with Gasteiger partial charge >= 0.3 is 6.09 Å². The number of imide groups is 1. The molecule has 0 aliphatic carbocycles. The second-order valence-electron chi connectivity index (χ2n) is 5.42. The van der Waals surface area contributed by atoms with E-state index in [2.05, 4.69) is 15.4 Å². The molecule has 0 radical (unpaired) electrons. The highest BCUT2D eigenvalue weighted by atomic mass is 16.5. The van der Waals surface area contributed by atoms with Crippen molar-refractivity contribution < 1.29 is 19.1 Å². The molecule has 1 unspecified atom stereocenters. The van der Waals surface area contributed by atoms with Crippen molar-refractivity contribution in [1.82, 2.24) is 16.0 Å². The molecule has 3 amide bonds. The van der Waals surface area contributed by atoms with Crippen LogP contribution >= 0.6 is 0 Å². The summed E-state index contributed by atoms with van der Waals surface area (Å²) in [6, 6.07) is 1.00. The predicted octanol–water partition coefficient (Wildman–Crippen LogP) is 0.417. The molecule has 0 aromatic carbocycles. The SMILES string of the molecule is CCOC(=O)NC(=O)/C(C#N)=C\NC(C(=O)NC)C(C)(C)C. The van der Waals surface area contributed by atoms with Crippen LogP contribution in [0.15, 0.2) is 11.8 Å². The number of likely N-dealkylation sites (N-methyl/N-ethyl adjacent to an activating group) is 1. The van der Waals surface area contributed by atoms with Gasteiger partial charge in [0.2, 0.25) is 5.91 Å². The Kier molecular flexibility index (Phi) is 7.66. The van der Waals surface area contributed by atoms with Crippen LogP contribution in [0.4, 0.5) is 4.79 Å². The summed E-state index contributed by atoms with van der Waals surface area (Å²) in [7, 11) is 1.49. The predicted molar refractivity (Wildman–Crippen MR) is 79.3 cm³/mol. The number of carbonyl (C=O) groups is 3. The summed E-state index contributed by atoms with van der Waals surface area (Å²) in [6.45, 7) is 7.19. The van der Waals surface area contributed by atoms with E-state index in [1.54, 1.807) is 13.0 Å². The fraction of sp³-hybridized carbons (Fsp3) is 0.571. The molecule has 8 nitrogen and oxygen atoms in total. The van der Waals surface area contributed by atoms with Crippen LogP contribution in [0, 0.1) is 16.7 Å². The zero-order chi connectivity index (χ0) is 17.3. The molecule has 0 rings (SSSR count). The molecule has 22 heavy (non-hydrogen) atoms. The van der Waals surface area contributed by atoms with Gasteiger partial charge in [0.05, 0.1) is 6.61 Å². The number of hydrogen-bond donors (Lipinski definition) is 3. The van der Waals surface area contributed by atoms with Gasteiger partial charge in [0.1, 0.15) is 17.7 Å². The molecular weight excluding hydrogens is 288 g/mol. The minimum absolute atomic E-state index is 0.103. The minimum Gasteiger partial charge on any atom is -0.450 e. The molecule has 0 aromatic rings. The highest BCUT2D eigenvalue weighted by Gasteiger charge is 2.30. The second-order valence-corrected chi connectivity index (χ2v) is 5.42. The van der Waals surface area contributed by atoms with E-state index in [9.17, 15) is 14.4 Å². The Morgan fingerprint density at radius 2 is 1.91 bits per heavy atom. The first kappa shape index (κ1) is 19.4. The Balaban J connectivity index is 5.04. The van der Waals surface area contributed by atoms with Crippen molar-refractivity contribution in [3.63, 3.8) is 0 Å². The van der Waals surface area contributed by atoms with Crippen LogP contribution in [0.5, 0.6) is 0 Å². The van der Waals surface area contributed by atoms with Crippen molar-refractivity contribution in [3.8, 4) is 6.07 Å². The quantitative estimate of drug-likeness (QED) is 0.500. The fourth-order valence-electron chi connectivity index (χ4n) is 1.51. The third-order valence-corrected chi connectivity index (χ3v) is 2.63. The van der Waals surface area contributed by atoms with Gasteiger partial charge in [0, 0.05) is 13.2 Å². The number of ether oxygens (including phenoxy) is 1. The standard InChI is InChI=1S/C14H22N4O4/c1-6-22-13(21)18-11(19)9(7-15)8-17-10(12(20)16-5)14(2,3)4/h8,10,17H,6H2,1-5H3,(H,16,20)(H,18,19,21)/b9-8-. The lowest BCUT2D eigenvalue weighted by atomic mass is 9.86. The maximum Gasteiger partial charge on any atom is 0.414 e. The van der Waals surface area contributed by atoms with Crippen LogP contribution in [0.2, 0.25) is 0 Å². The molecule has 8 heteroatoms. The lowest BCUT2D eigenvalue weighted by molar-refractivity contribution is -0.125. The Bertz CT molecular complexity index is 500. The highest BCUT2D eigenvalue weighted by molar-refractivity contribution is 6.04. The zero-order valence-corrected chi connectivity index (χ0v) is 13.4. The average Bonchev–Trinajstić information content (AvgIpc) is 2.41. The summed E-state index contributed by atoms with van der Waals surface area (Å²) in [4.78, 5) is 34.7. The summed E-state index contributed by atoms with van der Waals surface area (Å²) in [6.07, 6.45) is 0.173. The summed E-state index contributed by atoms with van der Waals surface area (Å²) < 4.78 is 4.55. The maximum absolute atomic E-state index is 11.8. The van der Waals surface area contributed by atoms with Crippen molar-refractivity contribution in [2.75, 3.05) is 13.7 Å². The number of alkyl carbamates (subject to hydrolysis) is 1. The Labute approximate surface area is 129 Å². The summed E-state index contributed by atoms with van der Waals surface area (Å²) >= 11 is 0. The third-order valence-electron chi connectivity index (χ3n) is 2.63. The van der Waals surface area contributed by atoms with E-state index < -0.39 is 23.5 Å². The lowest BCUT2D eigenvalue weighted by Crippen LogP contribution is -2.49. The summed E-state index contributed by atoms with van der Waals surface area (Å²) in [5, 5.41) is 16.1. The zero-order valence-electron chi connectivity index (χ0n) is 13.4. The van der Waals surface area contributed by atoms with Crippen LogP contribution in [-0.4, -0.2) is 37.6 Å². The smallest absolute Gasteiger partial charge is 0.414 e. The maximum atomic E-state index is 11.8. The molecule has 0 aliphatic rings. The third kappa shape index (κ3) is 6.26. The van der Waals surface area contributed by atoms with Crippen LogP contribution < -0.4 is 16.0 Å². The summed E-state index contributed by atoms with van der Waals surface area (Å²) in [5.74, 6) is -1.19. The van der Waals surface area contributed by atoms with Crippen molar-refractivity contribution in [2.45, 2.75) is 33.7 Å². The monoisotopic (exact) mass is 310 g/mol. The van der Waals surface area contributed by atoms with Gasteiger partial charge in [-0.3, -0.25) is 14.9 Å². The normalized spacial score (nSPS) is 12.6. The minimum atomic E-state index is -0.938. The van der Waals surface area contributed by atoms with Gasteiger partial charge in [-0.2, -0.15) is 5.26 Å². The first-order chi connectivity index (χ1) is 10.2. The molecule has 0 saturated carbocycles. The molecule has 0 aromatic heterocycles. The van der Waals surface area contributed by atoms with Crippen LogP contribution in [-0.2, 0) is 14.3 Å². The molecule has 122 valence electrons. The Morgan fingerprint density at radius 1 is 1.32 bits per heavy atom. The van der Waals surface area contributed by atoms with E-state index in [-0.39, 0.29) is 18.1 Å². The molecule has 0 bridgehead atoms. The van der Waals surface area contributed by atoms with Gasteiger partial charge in [-0.15, -0.1) is 0 Å². The Hall–Kier alpha value is -2.56. The molecule has 0 saturated heterocycles. The van der Waals surface area contributed by atoms with E-state index >= 15 is 0 Å². The highest BCUT2D eigenvalue weighted by Crippen LogP contribution is 2.19. The van der Waals surface area contributed by atoms with E-state index in [1.807, 2.05) is 26.1 Å². The first-order valence-corrected chi connectivity index (χ1v) is 6.73. The number of nitrogens with one attached hydrogen (secondary N) is 3. The largest absolute Gasteiger partial charge is 0.450 e. The van der Waals surface area contributed by atoms with Gasteiger partial charge in [-0.1, -0.05) is 20.8 Å². The average molecular weight is 310 g/mol. The van der Waals surface area contributed by atoms with Crippen molar-refractivity contribution in [1.29, 1.82) is 5.26 Å². The van der Waals surface area contributed by atoms with E-state index in [0.717, 1.165) is 6.20 Å². The van der Waals surface area contributed by atoms with Crippen LogP contribution in [0.25, 0.3) is 0 Å². The van der Waals surface area contributed by atoms with Gasteiger partial charge < -0.3 is 15.4 Å². The Morgan fingerprint density at radius 3 is 2.32 bits per heavy atom. The van der Waals surface area contributed by atoms with Gasteiger partial charge in [0.25, 0.3) is 5.91 Å². The molecule has 1 atom stereocenters. The molecule has 0 heterocycles. The van der Waals surface area contributed by atoms with Gasteiger partial charge in [0.15, 0.2) is 0 Å². The van der Waals surface area contributed by atoms with Crippen molar-refractivity contribution in [3.05, 3.63) is 11.8 Å². The van der Waals surface area contributed by atoms with E-state index in [4.69, 9.17) is 5.26 Å². The van der Waals surface area contributed by atoms with Gasteiger partial charge in [-0.25, -0.2) is 4.79 Å². The number of carbonyl (C=O) groups excluding carboxylic acids is 3. The topological polar surface area (TPSA) is 120 Å². The summed E-state index contributed by atoms with van der Waals surface area (Å²) in [5.41, 5.74) is -0.791. The lowest BCUT2D eigenvalue weighted by Gasteiger charge is -2.29. The number of nitrogens with zero attached hydrogens (tertiary/aromatic N) is 1. The van der Waals surface area contributed by atoms with Crippen LogP contribution in [0.1, 0.15) is 27.7 Å². The van der Waals surface area contributed by atoms with Crippen LogP contribution in [0.3, 0.4) is 0 Å². The second kappa shape index (κ2) is 8.67. The first-order valence-electron chi connectivity index (χ1n) is 6.73. The molecule has 0 aliphatic heterocycles. The molecule has 3 N–H and O–H groups in total. The number of rotatable bonds is 5. The molecule has 0 spiro atoms. The van der Waals surface area contributed by atoms with Crippen molar-refractivity contribution in [2.24, 2.45) is 5.41 Å². The van der Waals surface area contributed by atoms with Crippen molar-refractivity contribution >= 4 is 17.9 Å². The number of nitriles is 1. The van der Waals surface area contributed by atoms with E-state index in [1.165, 1.54) is 7.05 Å². The molecule has 0 fully saturated rings. The molecular formula is C14H22N4O4.